The molecule has 0 radical (unpaired) electrons. The van der Waals surface area contributed by atoms with Crippen LogP contribution in [0.2, 0.25) is 5.02 Å². The fourth-order valence-electron chi connectivity index (χ4n) is 2.53. The van der Waals surface area contributed by atoms with Gasteiger partial charge in [-0.2, -0.15) is 0 Å². The van der Waals surface area contributed by atoms with E-state index in [0.29, 0.717) is 5.69 Å². The van der Waals surface area contributed by atoms with E-state index in [1.54, 1.807) is 6.07 Å². The molecule has 0 aromatic heterocycles. The molecule has 26 heavy (non-hydrogen) atoms. The second-order valence-corrected chi connectivity index (χ2v) is 6.07. The highest BCUT2D eigenvalue weighted by Crippen LogP contribution is 2.24. The molecule has 0 heterocycles. The fraction of sp³-hybridized carbons (Fsp3) is 0.100. The van der Waals surface area contributed by atoms with Gasteiger partial charge in [0.15, 0.2) is 6.10 Å². The van der Waals surface area contributed by atoms with Crippen LogP contribution in [0.5, 0.6) is 0 Å². The Labute approximate surface area is 154 Å². The monoisotopic (exact) mass is 371 g/mol. The number of benzene rings is 3. The number of hydrogen-bond donors (Lipinski definition) is 1. The van der Waals surface area contributed by atoms with Crippen molar-refractivity contribution in [2.45, 2.75) is 13.0 Å². The molecule has 0 aliphatic heterocycles. The number of carbonyl (C=O) groups excluding carboxylic acids is 2. The molecule has 0 bridgehead atoms. The predicted octanol–water partition coefficient (Wildman–Crippen LogP) is 4.82. The topological polar surface area (TPSA) is 55.4 Å². The molecule has 4 nitrogen and oxygen atoms in total. The van der Waals surface area contributed by atoms with Crippen LogP contribution in [-0.4, -0.2) is 18.0 Å². The van der Waals surface area contributed by atoms with Crippen molar-refractivity contribution in [3.63, 3.8) is 0 Å². The van der Waals surface area contributed by atoms with E-state index in [1.807, 2.05) is 36.4 Å². The molecule has 0 fully saturated rings. The molecule has 0 aliphatic rings. The summed E-state index contributed by atoms with van der Waals surface area (Å²) in [6, 6.07) is 16.9. The number of anilines is 1. The Morgan fingerprint density at radius 1 is 1.04 bits per heavy atom. The Bertz CT molecular complexity index is 964. The normalized spacial score (nSPS) is 11.8. The zero-order chi connectivity index (χ0) is 18.7. The largest absolute Gasteiger partial charge is 0.449 e. The van der Waals surface area contributed by atoms with Crippen LogP contribution in [0.25, 0.3) is 10.8 Å². The minimum Gasteiger partial charge on any atom is -0.449 e. The van der Waals surface area contributed by atoms with Gasteiger partial charge < -0.3 is 10.1 Å². The van der Waals surface area contributed by atoms with Gasteiger partial charge in [0, 0.05) is 11.1 Å². The Morgan fingerprint density at radius 3 is 2.50 bits per heavy atom. The molecule has 1 unspecified atom stereocenters. The molecule has 0 spiro atoms. The highest BCUT2D eigenvalue weighted by molar-refractivity contribution is 6.33. The van der Waals surface area contributed by atoms with E-state index in [4.69, 9.17) is 16.3 Å². The van der Waals surface area contributed by atoms with Crippen molar-refractivity contribution in [1.29, 1.82) is 0 Å². The van der Waals surface area contributed by atoms with Crippen molar-refractivity contribution in [3.05, 3.63) is 77.1 Å². The van der Waals surface area contributed by atoms with Gasteiger partial charge in [-0.25, -0.2) is 9.18 Å². The highest BCUT2D eigenvalue weighted by Gasteiger charge is 2.23. The number of nitrogens with one attached hydrogen (secondary N) is 1. The van der Waals surface area contributed by atoms with Crippen LogP contribution in [0.4, 0.5) is 10.1 Å². The summed E-state index contributed by atoms with van der Waals surface area (Å²) in [6.45, 7) is 1.41. The third kappa shape index (κ3) is 3.68. The lowest BCUT2D eigenvalue weighted by Gasteiger charge is -2.15. The van der Waals surface area contributed by atoms with Crippen LogP contribution < -0.4 is 5.32 Å². The molecule has 132 valence electrons. The number of esters is 1. The quantitative estimate of drug-likeness (QED) is 0.669. The van der Waals surface area contributed by atoms with Crippen LogP contribution in [-0.2, 0) is 9.53 Å². The molecule has 0 saturated heterocycles. The number of amides is 1. The molecule has 1 amide bonds. The summed E-state index contributed by atoms with van der Waals surface area (Å²) in [6.07, 6.45) is -1.13. The Kier molecular flexibility index (Phi) is 5.19. The maximum absolute atomic E-state index is 13.8. The lowest BCUT2D eigenvalue weighted by molar-refractivity contribution is -0.123. The van der Waals surface area contributed by atoms with Crippen molar-refractivity contribution in [1.82, 2.24) is 0 Å². The number of fused-ring (bicyclic) bond motifs is 1. The molecule has 1 atom stereocenters. The van der Waals surface area contributed by atoms with E-state index in [9.17, 15) is 14.0 Å². The van der Waals surface area contributed by atoms with Gasteiger partial charge in [-0.05, 0) is 30.5 Å². The fourth-order valence-corrected chi connectivity index (χ4v) is 2.77. The van der Waals surface area contributed by atoms with Crippen molar-refractivity contribution in [2.75, 3.05) is 5.32 Å². The predicted molar refractivity (Wildman–Crippen MR) is 98.9 cm³/mol. The zero-order valence-corrected chi connectivity index (χ0v) is 14.6. The molecular formula is C20H15ClFNO3. The molecular weight excluding hydrogens is 357 g/mol. The summed E-state index contributed by atoms with van der Waals surface area (Å²) < 4.78 is 18.9. The maximum Gasteiger partial charge on any atom is 0.343 e. The average Bonchev–Trinajstić information content (AvgIpc) is 2.61. The first-order valence-corrected chi connectivity index (χ1v) is 8.29. The summed E-state index contributed by atoms with van der Waals surface area (Å²) in [5, 5.41) is 4.48. The van der Waals surface area contributed by atoms with Crippen molar-refractivity contribution >= 4 is 39.9 Å². The van der Waals surface area contributed by atoms with Crippen LogP contribution in [0.3, 0.4) is 0 Å². The van der Waals surface area contributed by atoms with Crippen LogP contribution in [0.1, 0.15) is 17.3 Å². The molecule has 1 N–H and O–H groups in total. The van der Waals surface area contributed by atoms with Crippen LogP contribution in [0, 0.1) is 5.82 Å². The van der Waals surface area contributed by atoms with E-state index < -0.39 is 23.8 Å². The number of halogens is 2. The van der Waals surface area contributed by atoms with Gasteiger partial charge in [0.25, 0.3) is 5.91 Å². The summed E-state index contributed by atoms with van der Waals surface area (Å²) in [5.41, 5.74) is 0.207. The van der Waals surface area contributed by atoms with E-state index in [-0.39, 0.29) is 10.6 Å². The first kappa shape index (κ1) is 17.9. The standard InChI is InChI=1S/C20H15ClFNO3/c1-12(26-20(25)18-15(21)9-5-10-16(18)22)19(24)23-17-11-4-7-13-6-2-3-8-14(13)17/h2-12H,1H3,(H,23,24). The highest BCUT2D eigenvalue weighted by atomic mass is 35.5. The average molecular weight is 372 g/mol. The number of rotatable bonds is 4. The van der Waals surface area contributed by atoms with Crippen molar-refractivity contribution in [2.24, 2.45) is 0 Å². The first-order valence-electron chi connectivity index (χ1n) is 7.91. The van der Waals surface area contributed by atoms with Crippen molar-refractivity contribution in [3.8, 4) is 0 Å². The minimum atomic E-state index is -1.13. The maximum atomic E-state index is 13.8. The number of ether oxygens (including phenoxy) is 1. The molecule has 0 aliphatic carbocycles. The molecule has 6 heteroatoms. The van der Waals surface area contributed by atoms with Gasteiger partial charge in [0.2, 0.25) is 0 Å². The summed E-state index contributed by atoms with van der Waals surface area (Å²) >= 11 is 5.84. The zero-order valence-electron chi connectivity index (χ0n) is 13.8. The number of carbonyl (C=O) groups is 2. The van der Waals surface area contributed by atoms with Crippen molar-refractivity contribution < 1.29 is 18.7 Å². The molecule has 3 aromatic carbocycles. The van der Waals surface area contributed by atoms with Gasteiger partial charge >= 0.3 is 5.97 Å². The van der Waals surface area contributed by atoms with Gasteiger partial charge in [-0.3, -0.25) is 4.79 Å². The van der Waals surface area contributed by atoms with Gasteiger partial charge in [-0.1, -0.05) is 54.1 Å². The first-order chi connectivity index (χ1) is 12.5. The van der Waals surface area contributed by atoms with E-state index in [1.165, 1.54) is 19.1 Å². The van der Waals surface area contributed by atoms with E-state index in [0.717, 1.165) is 16.8 Å². The summed E-state index contributed by atoms with van der Waals surface area (Å²) in [5.74, 6) is -2.32. The Morgan fingerprint density at radius 2 is 1.73 bits per heavy atom. The van der Waals surface area contributed by atoms with E-state index in [2.05, 4.69) is 5.32 Å². The third-order valence-electron chi connectivity index (χ3n) is 3.87. The van der Waals surface area contributed by atoms with Gasteiger partial charge in [0.05, 0.1) is 5.02 Å². The molecule has 0 saturated carbocycles. The second kappa shape index (κ2) is 7.54. The third-order valence-corrected chi connectivity index (χ3v) is 4.18. The summed E-state index contributed by atoms with van der Waals surface area (Å²) in [4.78, 5) is 24.5. The Balaban J connectivity index is 1.75. The van der Waals surface area contributed by atoms with Gasteiger partial charge in [-0.15, -0.1) is 0 Å². The lowest BCUT2D eigenvalue weighted by Crippen LogP contribution is -2.30. The Hall–Kier alpha value is -2.92. The minimum absolute atomic E-state index is 0.0725. The van der Waals surface area contributed by atoms with E-state index >= 15 is 0 Å². The SMILES string of the molecule is CC(OC(=O)c1c(F)cccc1Cl)C(=O)Nc1cccc2ccccc12. The molecule has 3 aromatic rings. The molecule has 3 rings (SSSR count). The lowest BCUT2D eigenvalue weighted by atomic mass is 10.1. The van der Waals surface area contributed by atoms with Gasteiger partial charge in [0.1, 0.15) is 11.4 Å². The summed E-state index contributed by atoms with van der Waals surface area (Å²) in [7, 11) is 0. The van der Waals surface area contributed by atoms with Crippen LogP contribution in [0.15, 0.2) is 60.7 Å². The number of hydrogen-bond acceptors (Lipinski definition) is 3. The smallest absolute Gasteiger partial charge is 0.343 e. The second-order valence-electron chi connectivity index (χ2n) is 5.66. The van der Waals surface area contributed by atoms with Crippen LogP contribution >= 0.6 is 11.6 Å².